The van der Waals surface area contributed by atoms with Gasteiger partial charge < -0.3 is 5.32 Å². The predicted molar refractivity (Wildman–Crippen MR) is 69.4 cm³/mol. The molecule has 2 atom stereocenters. The van der Waals surface area contributed by atoms with E-state index >= 15 is 0 Å². The Balaban J connectivity index is 2.11. The molecule has 2 heterocycles. The van der Waals surface area contributed by atoms with Crippen LogP contribution in [0.4, 0.5) is 23.4 Å². The van der Waals surface area contributed by atoms with E-state index in [-0.39, 0.29) is 11.7 Å². The highest BCUT2D eigenvalue weighted by Gasteiger charge is 2.38. The zero-order valence-corrected chi connectivity index (χ0v) is 11.2. The molecule has 112 valence electrons. The zero-order valence-electron chi connectivity index (χ0n) is 11.2. The minimum Gasteiger partial charge on any atom is -0.370 e. The molecule has 1 aromatic carbocycles. The largest absolute Gasteiger partial charge is 0.435 e. The van der Waals surface area contributed by atoms with Gasteiger partial charge in [-0.25, -0.2) is 9.07 Å². The van der Waals surface area contributed by atoms with Crippen LogP contribution < -0.4 is 5.32 Å². The molecule has 0 spiro atoms. The number of halogens is 4. The summed E-state index contributed by atoms with van der Waals surface area (Å²) in [4.78, 5) is 0. The summed E-state index contributed by atoms with van der Waals surface area (Å²) >= 11 is 0. The molecule has 0 saturated carbocycles. The number of alkyl halides is 3. The highest BCUT2D eigenvalue weighted by Crippen LogP contribution is 2.38. The van der Waals surface area contributed by atoms with Gasteiger partial charge in [-0.3, -0.25) is 0 Å². The Labute approximate surface area is 118 Å². The Bertz CT molecular complexity index is 662. The third-order valence-electron chi connectivity index (χ3n) is 3.66. The van der Waals surface area contributed by atoms with E-state index in [1.54, 1.807) is 18.2 Å². The quantitative estimate of drug-likeness (QED) is 0.814. The first-order valence-electron chi connectivity index (χ1n) is 6.53. The van der Waals surface area contributed by atoms with Crippen molar-refractivity contribution in [3.63, 3.8) is 0 Å². The normalized spacial score (nSPS) is 21.8. The fourth-order valence-corrected chi connectivity index (χ4v) is 2.65. The predicted octanol–water partition coefficient (Wildman–Crippen LogP) is 3.69. The molecule has 7 heteroatoms. The van der Waals surface area contributed by atoms with Gasteiger partial charge in [0.2, 0.25) is 0 Å². The molecule has 3 nitrogen and oxygen atoms in total. The number of anilines is 1. The molecule has 0 fully saturated rings. The lowest BCUT2D eigenvalue weighted by Crippen LogP contribution is -2.32. The molecule has 21 heavy (non-hydrogen) atoms. The lowest BCUT2D eigenvalue weighted by atomic mass is 9.92. The molecule has 3 rings (SSSR count). The van der Waals surface area contributed by atoms with Crippen LogP contribution in [0.25, 0.3) is 0 Å². The molecule has 1 aromatic heterocycles. The third-order valence-corrected chi connectivity index (χ3v) is 3.66. The molecule has 0 aliphatic carbocycles. The first-order valence-corrected chi connectivity index (χ1v) is 6.53. The first-order chi connectivity index (χ1) is 9.88. The van der Waals surface area contributed by atoms with Crippen LogP contribution in [-0.2, 0) is 6.18 Å². The Morgan fingerprint density at radius 2 is 2.00 bits per heavy atom. The van der Waals surface area contributed by atoms with Gasteiger partial charge in [0.25, 0.3) is 0 Å². The summed E-state index contributed by atoms with van der Waals surface area (Å²) in [5.41, 5.74) is -0.620. The number of nitrogens with one attached hydrogen (secondary N) is 1. The van der Waals surface area contributed by atoms with Gasteiger partial charge in [0.05, 0.1) is 6.04 Å². The minimum atomic E-state index is -4.52. The molecule has 0 amide bonds. The van der Waals surface area contributed by atoms with E-state index in [0.717, 1.165) is 6.07 Å². The van der Waals surface area contributed by atoms with E-state index < -0.39 is 23.7 Å². The summed E-state index contributed by atoms with van der Waals surface area (Å²) in [5, 5.41) is 6.54. The van der Waals surface area contributed by atoms with E-state index in [1.165, 1.54) is 10.7 Å². The Morgan fingerprint density at radius 1 is 1.29 bits per heavy atom. The van der Waals surface area contributed by atoms with Crippen molar-refractivity contribution >= 4 is 5.82 Å². The molecule has 1 N–H and O–H groups in total. The molecular formula is C14H13F4N3. The Hall–Kier alpha value is -2.05. The van der Waals surface area contributed by atoms with Gasteiger partial charge in [0.15, 0.2) is 5.69 Å². The molecule has 1 aliphatic rings. The summed E-state index contributed by atoms with van der Waals surface area (Å²) in [6.07, 6.45) is -4.52. The van der Waals surface area contributed by atoms with Gasteiger partial charge in [0.1, 0.15) is 11.6 Å². The van der Waals surface area contributed by atoms with Gasteiger partial charge in [0, 0.05) is 24.1 Å². The lowest BCUT2D eigenvalue weighted by molar-refractivity contribution is -0.141. The summed E-state index contributed by atoms with van der Waals surface area (Å²) in [5.74, 6) is -0.268. The number of fused-ring (bicyclic) bond motifs is 1. The summed E-state index contributed by atoms with van der Waals surface area (Å²) in [7, 11) is 0. The van der Waals surface area contributed by atoms with Crippen LogP contribution in [-0.4, -0.2) is 16.3 Å². The SMILES string of the molecule is CC1CNc2cc(C(F)(F)F)nn2C1c1ccccc1F. The van der Waals surface area contributed by atoms with Gasteiger partial charge in [-0.05, 0) is 6.07 Å². The zero-order chi connectivity index (χ0) is 15.2. The van der Waals surface area contributed by atoms with E-state index in [4.69, 9.17) is 0 Å². The summed E-state index contributed by atoms with van der Waals surface area (Å²) in [6.45, 7) is 2.31. The van der Waals surface area contributed by atoms with Crippen LogP contribution >= 0.6 is 0 Å². The highest BCUT2D eigenvalue weighted by molar-refractivity contribution is 5.42. The molecule has 2 aromatic rings. The fraction of sp³-hybridized carbons (Fsp3) is 0.357. The van der Waals surface area contributed by atoms with Gasteiger partial charge in [-0.2, -0.15) is 18.3 Å². The second-order valence-corrected chi connectivity index (χ2v) is 5.18. The topological polar surface area (TPSA) is 29.9 Å². The van der Waals surface area contributed by atoms with E-state index in [9.17, 15) is 17.6 Å². The molecule has 0 radical (unpaired) electrons. The number of nitrogens with zero attached hydrogens (tertiary/aromatic N) is 2. The fourth-order valence-electron chi connectivity index (χ4n) is 2.65. The molecule has 0 saturated heterocycles. The monoisotopic (exact) mass is 299 g/mol. The van der Waals surface area contributed by atoms with Crippen molar-refractivity contribution in [2.24, 2.45) is 5.92 Å². The van der Waals surface area contributed by atoms with Crippen molar-refractivity contribution in [1.82, 2.24) is 9.78 Å². The van der Waals surface area contributed by atoms with Crippen molar-refractivity contribution in [3.05, 3.63) is 47.4 Å². The summed E-state index contributed by atoms with van der Waals surface area (Å²) < 4.78 is 53.6. The number of hydrogen-bond donors (Lipinski definition) is 1. The van der Waals surface area contributed by atoms with Crippen LogP contribution in [0.5, 0.6) is 0 Å². The summed E-state index contributed by atoms with van der Waals surface area (Å²) in [6, 6.07) is 6.51. The maximum absolute atomic E-state index is 14.0. The molecule has 1 aliphatic heterocycles. The average molecular weight is 299 g/mol. The van der Waals surface area contributed by atoms with Crippen molar-refractivity contribution in [1.29, 1.82) is 0 Å². The van der Waals surface area contributed by atoms with E-state index in [2.05, 4.69) is 10.4 Å². The van der Waals surface area contributed by atoms with Crippen LogP contribution in [0.1, 0.15) is 24.2 Å². The highest BCUT2D eigenvalue weighted by atomic mass is 19.4. The smallest absolute Gasteiger partial charge is 0.370 e. The molecule has 0 bridgehead atoms. The maximum atomic E-state index is 14.0. The number of benzene rings is 1. The average Bonchev–Trinajstić information content (AvgIpc) is 2.84. The maximum Gasteiger partial charge on any atom is 0.435 e. The first kappa shape index (κ1) is 13.9. The molecular weight excluding hydrogens is 286 g/mol. The van der Waals surface area contributed by atoms with Gasteiger partial charge in [-0.15, -0.1) is 0 Å². The van der Waals surface area contributed by atoms with E-state index in [0.29, 0.717) is 12.1 Å². The van der Waals surface area contributed by atoms with Crippen molar-refractivity contribution < 1.29 is 17.6 Å². The van der Waals surface area contributed by atoms with Crippen molar-refractivity contribution in [2.45, 2.75) is 19.1 Å². The van der Waals surface area contributed by atoms with Crippen LogP contribution in [0.3, 0.4) is 0 Å². The number of rotatable bonds is 1. The standard InChI is InChI=1S/C14H13F4N3/c1-8-7-19-12-6-11(14(16,17)18)20-21(12)13(8)9-4-2-3-5-10(9)15/h2-6,8,13,19H,7H2,1H3. The Kier molecular flexibility index (Phi) is 3.15. The number of hydrogen-bond acceptors (Lipinski definition) is 2. The van der Waals surface area contributed by atoms with Crippen LogP contribution in [0.15, 0.2) is 30.3 Å². The Morgan fingerprint density at radius 3 is 2.67 bits per heavy atom. The van der Waals surface area contributed by atoms with Gasteiger partial charge in [-0.1, -0.05) is 25.1 Å². The lowest BCUT2D eigenvalue weighted by Gasteiger charge is -2.32. The second kappa shape index (κ2) is 4.75. The van der Waals surface area contributed by atoms with Gasteiger partial charge >= 0.3 is 6.18 Å². The van der Waals surface area contributed by atoms with Crippen LogP contribution in [0.2, 0.25) is 0 Å². The van der Waals surface area contributed by atoms with E-state index in [1.807, 2.05) is 6.92 Å². The van der Waals surface area contributed by atoms with Crippen molar-refractivity contribution in [3.8, 4) is 0 Å². The second-order valence-electron chi connectivity index (χ2n) is 5.18. The molecule has 2 unspecified atom stereocenters. The third kappa shape index (κ3) is 2.36. The minimum absolute atomic E-state index is 0.0876. The number of aromatic nitrogens is 2. The van der Waals surface area contributed by atoms with Crippen LogP contribution in [0, 0.1) is 11.7 Å². The van der Waals surface area contributed by atoms with Crippen molar-refractivity contribution in [2.75, 3.05) is 11.9 Å².